The quantitative estimate of drug-likeness (QED) is 0.510. The number of aryl methyl sites for hydroxylation is 1. The minimum absolute atomic E-state index is 0.167. The minimum atomic E-state index is -3.73. The van der Waals surface area contributed by atoms with Gasteiger partial charge in [-0.25, -0.2) is 8.42 Å². The molecule has 1 amide bonds. The molecule has 186 valence electrons. The molecule has 1 heterocycles. The third-order valence-electron chi connectivity index (χ3n) is 5.42. The molecule has 0 bridgehead atoms. The van der Waals surface area contributed by atoms with Crippen molar-refractivity contribution in [3.05, 3.63) is 47.5 Å². The summed E-state index contributed by atoms with van der Waals surface area (Å²) in [5.41, 5.74) is 1.49. The highest BCUT2D eigenvalue weighted by Gasteiger charge is 2.29. The van der Waals surface area contributed by atoms with E-state index < -0.39 is 15.9 Å². The Bertz CT molecular complexity index is 1080. The van der Waals surface area contributed by atoms with Crippen molar-refractivity contribution in [2.45, 2.75) is 44.9 Å². The summed E-state index contributed by atoms with van der Waals surface area (Å²) in [7, 11) is -3.73. The molecule has 34 heavy (non-hydrogen) atoms. The summed E-state index contributed by atoms with van der Waals surface area (Å²) in [6, 6.07) is 10.1. The van der Waals surface area contributed by atoms with Crippen LogP contribution in [0.2, 0.25) is 0 Å². The lowest BCUT2D eigenvalue weighted by Crippen LogP contribution is -2.41. The zero-order valence-corrected chi connectivity index (χ0v) is 20.9. The van der Waals surface area contributed by atoms with Crippen LogP contribution < -0.4 is 14.8 Å². The Morgan fingerprint density at radius 1 is 0.971 bits per heavy atom. The summed E-state index contributed by atoms with van der Waals surface area (Å²) in [5, 5.41) is 2.85. The molecule has 1 aliphatic rings. The van der Waals surface area contributed by atoms with Gasteiger partial charge in [-0.2, -0.15) is 4.31 Å². The average Bonchev–Trinajstić information content (AvgIpc) is 2.86. The maximum atomic E-state index is 13.3. The molecular formula is C25H34N2O6S. The lowest BCUT2D eigenvalue weighted by Gasteiger charge is -2.27. The first-order chi connectivity index (χ1) is 16.4. The molecule has 0 atom stereocenters. The van der Waals surface area contributed by atoms with Crippen LogP contribution in [0.4, 0.5) is 5.69 Å². The highest BCUT2D eigenvalue weighted by atomic mass is 32.2. The molecule has 0 aliphatic carbocycles. The summed E-state index contributed by atoms with van der Waals surface area (Å²) >= 11 is 0. The van der Waals surface area contributed by atoms with E-state index in [1.165, 1.54) is 10.4 Å². The van der Waals surface area contributed by atoms with Crippen LogP contribution in [0.1, 0.15) is 49.5 Å². The number of nitrogens with zero attached hydrogens (tertiary/aromatic N) is 1. The first-order valence-electron chi connectivity index (χ1n) is 11.8. The van der Waals surface area contributed by atoms with E-state index in [1.54, 1.807) is 30.3 Å². The smallest absolute Gasteiger partial charge is 0.255 e. The molecule has 0 spiro atoms. The molecule has 9 heteroatoms. The number of amides is 1. The fraction of sp³-hybridized carbons (Fsp3) is 0.480. The largest absolute Gasteiger partial charge is 0.490 e. The van der Waals surface area contributed by atoms with Crippen molar-refractivity contribution in [3.63, 3.8) is 0 Å². The van der Waals surface area contributed by atoms with Gasteiger partial charge in [-0.05, 0) is 49.1 Å². The van der Waals surface area contributed by atoms with E-state index in [2.05, 4.69) is 5.32 Å². The number of morpholine rings is 1. The second-order valence-corrected chi connectivity index (χ2v) is 9.91. The Morgan fingerprint density at radius 3 is 2.29 bits per heavy atom. The molecule has 0 unspecified atom stereocenters. The molecule has 0 saturated carbocycles. The van der Waals surface area contributed by atoms with Gasteiger partial charge in [-0.15, -0.1) is 0 Å². The van der Waals surface area contributed by atoms with Gasteiger partial charge in [0.25, 0.3) is 5.91 Å². The predicted molar refractivity (Wildman–Crippen MR) is 131 cm³/mol. The number of carbonyl (C=O) groups is 1. The number of anilines is 1. The van der Waals surface area contributed by atoms with E-state index >= 15 is 0 Å². The second-order valence-electron chi connectivity index (χ2n) is 8.01. The Balaban J connectivity index is 1.85. The average molecular weight is 491 g/mol. The molecule has 0 aromatic heterocycles. The van der Waals surface area contributed by atoms with Crippen molar-refractivity contribution in [2.24, 2.45) is 0 Å². The molecule has 2 aromatic carbocycles. The third-order valence-corrected chi connectivity index (χ3v) is 7.40. The van der Waals surface area contributed by atoms with Crippen LogP contribution in [0.3, 0.4) is 0 Å². The van der Waals surface area contributed by atoms with Gasteiger partial charge in [0.05, 0.1) is 31.3 Å². The number of hydrogen-bond donors (Lipinski definition) is 1. The first kappa shape index (κ1) is 26.0. The number of carbonyl (C=O) groups excluding carboxylic acids is 1. The molecule has 1 fully saturated rings. The fourth-order valence-electron chi connectivity index (χ4n) is 3.60. The molecule has 0 radical (unpaired) electrons. The standard InChI is InChI=1S/C25H34N2O6S/c1-4-13-32-22-10-9-21(18-23(22)33-14-5-2)26-25(28)20-8-7-19(6-3)24(17-20)34(29,30)27-11-15-31-16-12-27/h7-10,17-18H,4-6,11-16H2,1-3H3,(H,26,28). The highest BCUT2D eigenvalue weighted by molar-refractivity contribution is 7.89. The normalized spacial score (nSPS) is 14.6. The molecule has 1 saturated heterocycles. The number of nitrogens with one attached hydrogen (secondary N) is 1. The van der Waals surface area contributed by atoms with E-state index in [0.717, 1.165) is 12.8 Å². The summed E-state index contributed by atoms with van der Waals surface area (Å²) in [6.07, 6.45) is 2.25. The van der Waals surface area contributed by atoms with Gasteiger partial charge in [0.15, 0.2) is 11.5 Å². The number of sulfonamides is 1. The molecule has 1 aliphatic heterocycles. The fourth-order valence-corrected chi connectivity index (χ4v) is 5.33. The van der Waals surface area contributed by atoms with Gasteiger partial charge in [0.1, 0.15) is 0 Å². The van der Waals surface area contributed by atoms with E-state index in [-0.39, 0.29) is 10.5 Å². The maximum absolute atomic E-state index is 13.3. The number of ether oxygens (including phenoxy) is 3. The molecule has 3 rings (SSSR count). The summed E-state index contributed by atoms with van der Waals surface area (Å²) in [5.74, 6) is 0.786. The third kappa shape index (κ3) is 6.28. The van der Waals surface area contributed by atoms with Gasteiger partial charge in [0, 0.05) is 30.4 Å². The topological polar surface area (TPSA) is 94.2 Å². The van der Waals surface area contributed by atoms with Crippen LogP contribution in [0, 0.1) is 0 Å². The monoisotopic (exact) mass is 490 g/mol. The Hall–Kier alpha value is -2.62. The lowest BCUT2D eigenvalue weighted by atomic mass is 10.1. The molecule has 2 aromatic rings. The molecular weight excluding hydrogens is 456 g/mol. The lowest BCUT2D eigenvalue weighted by molar-refractivity contribution is 0.0730. The van der Waals surface area contributed by atoms with Gasteiger partial charge < -0.3 is 19.5 Å². The van der Waals surface area contributed by atoms with Crippen LogP contribution >= 0.6 is 0 Å². The van der Waals surface area contributed by atoms with Crippen LogP contribution in [0.5, 0.6) is 11.5 Å². The van der Waals surface area contributed by atoms with Gasteiger partial charge in [-0.3, -0.25) is 4.79 Å². The minimum Gasteiger partial charge on any atom is -0.490 e. The van der Waals surface area contributed by atoms with E-state index in [4.69, 9.17) is 14.2 Å². The number of rotatable bonds is 11. The van der Waals surface area contributed by atoms with Crippen LogP contribution in [-0.2, 0) is 21.2 Å². The van der Waals surface area contributed by atoms with Crippen molar-refractivity contribution < 1.29 is 27.4 Å². The highest BCUT2D eigenvalue weighted by Crippen LogP contribution is 2.31. The van der Waals surface area contributed by atoms with Crippen LogP contribution in [-0.4, -0.2) is 58.1 Å². The first-order valence-corrected chi connectivity index (χ1v) is 13.3. The maximum Gasteiger partial charge on any atom is 0.255 e. The van der Waals surface area contributed by atoms with Crippen molar-refractivity contribution in [1.29, 1.82) is 0 Å². The van der Waals surface area contributed by atoms with E-state index in [1.807, 2.05) is 20.8 Å². The SMILES string of the molecule is CCCOc1ccc(NC(=O)c2ccc(CC)c(S(=O)(=O)N3CCOCC3)c2)cc1OCCC. The van der Waals surface area contributed by atoms with Gasteiger partial charge in [0.2, 0.25) is 10.0 Å². The van der Waals surface area contributed by atoms with E-state index in [0.29, 0.717) is 68.7 Å². The Labute approximate surface area is 202 Å². The van der Waals surface area contributed by atoms with E-state index in [9.17, 15) is 13.2 Å². The Kier molecular flexibility index (Phi) is 9.32. The number of benzene rings is 2. The molecule has 1 N–H and O–H groups in total. The number of hydrogen-bond acceptors (Lipinski definition) is 6. The van der Waals surface area contributed by atoms with Gasteiger partial charge >= 0.3 is 0 Å². The van der Waals surface area contributed by atoms with Crippen LogP contribution in [0.15, 0.2) is 41.3 Å². The van der Waals surface area contributed by atoms with Crippen LogP contribution in [0.25, 0.3) is 0 Å². The van der Waals surface area contributed by atoms with Crippen molar-refractivity contribution >= 4 is 21.6 Å². The summed E-state index contributed by atoms with van der Waals surface area (Å²) in [6.45, 7) is 8.36. The van der Waals surface area contributed by atoms with Crippen molar-refractivity contribution in [3.8, 4) is 11.5 Å². The van der Waals surface area contributed by atoms with Gasteiger partial charge in [-0.1, -0.05) is 26.8 Å². The molecule has 8 nitrogen and oxygen atoms in total. The summed E-state index contributed by atoms with van der Waals surface area (Å²) < 4.78 is 44.8. The second kappa shape index (κ2) is 12.2. The van der Waals surface area contributed by atoms with Crippen molar-refractivity contribution in [1.82, 2.24) is 4.31 Å². The Morgan fingerprint density at radius 2 is 1.65 bits per heavy atom. The summed E-state index contributed by atoms with van der Waals surface area (Å²) in [4.78, 5) is 13.2. The zero-order chi connectivity index (χ0) is 24.6. The predicted octanol–water partition coefficient (Wildman–Crippen LogP) is 4.10. The zero-order valence-electron chi connectivity index (χ0n) is 20.1. The van der Waals surface area contributed by atoms with Crippen molar-refractivity contribution in [2.75, 3.05) is 44.8 Å².